The summed E-state index contributed by atoms with van der Waals surface area (Å²) in [6.07, 6.45) is 0. The summed E-state index contributed by atoms with van der Waals surface area (Å²) in [5, 5.41) is 0. The summed E-state index contributed by atoms with van der Waals surface area (Å²) in [5.41, 5.74) is 0.932. The van der Waals surface area contributed by atoms with E-state index >= 15 is 0 Å². The molecule has 0 saturated heterocycles. The van der Waals surface area contributed by atoms with Crippen LogP contribution >= 0.6 is 0 Å². The Hall–Kier alpha value is -1.94. The molecule has 0 unspecified atom stereocenters. The number of ether oxygens (including phenoxy) is 2. The Balaban J connectivity index is 1.96. The van der Waals surface area contributed by atoms with Crippen molar-refractivity contribution in [3.63, 3.8) is 0 Å². The molecule has 0 atom stereocenters. The van der Waals surface area contributed by atoms with E-state index in [0.29, 0.717) is 24.8 Å². The van der Waals surface area contributed by atoms with Gasteiger partial charge >= 0.3 is 0 Å². The lowest BCUT2D eigenvalue weighted by molar-refractivity contribution is 0.0579. The zero-order valence-electron chi connectivity index (χ0n) is 12.6. The lowest BCUT2D eigenvalue weighted by Gasteiger charge is -2.17. The molecule has 2 aromatic rings. The number of pyridine rings is 1. The molecule has 0 aliphatic rings. The molecule has 0 fully saturated rings. The van der Waals surface area contributed by atoms with Gasteiger partial charge in [0.15, 0.2) is 0 Å². The summed E-state index contributed by atoms with van der Waals surface area (Å²) in [5.74, 6) is 0.731. The molecule has 0 N–H and O–H groups in total. The van der Waals surface area contributed by atoms with E-state index in [2.05, 4.69) is 25.8 Å². The van der Waals surface area contributed by atoms with Gasteiger partial charge in [0, 0.05) is 6.07 Å². The van der Waals surface area contributed by atoms with Crippen molar-refractivity contribution in [3.05, 3.63) is 54.0 Å². The minimum atomic E-state index is -0.292. The molecule has 0 bridgehead atoms. The van der Waals surface area contributed by atoms with E-state index < -0.39 is 0 Å². The van der Waals surface area contributed by atoms with Gasteiger partial charge in [-0.25, -0.2) is 9.37 Å². The normalized spacial score (nSPS) is 11.4. The van der Waals surface area contributed by atoms with E-state index in [-0.39, 0.29) is 11.2 Å². The van der Waals surface area contributed by atoms with Crippen LogP contribution < -0.4 is 4.74 Å². The fourth-order valence-electron chi connectivity index (χ4n) is 1.68. The van der Waals surface area contributed by atoms with Gasteiger partial charge in [0.25, 0.3) is 0 Å². The van der Waals surface area contributed by atoms with Gasteiger partial charge in [0.2, 0.25) is 5.88 Å². The predicted molar refractivity (Wildman–Crippen MR) is 79.8 cm³/mol. The first kappa shape index (κ1) is 15.4. The Bertz CT molecular complexity index is 576. The third kappa shape index (κ3) is 5.52. The lowest BCUT2D eigenvalue weighted by Crippen LogP contribution is -2.14. The summed E-state index contributed by atoms with van der Waals surface area (Å²) >= 11 is 0. The van der Waals surface area contributed by atoms with Crippen molar-refractivity contribution in [1.29, 1.82) is 0 Å². The maximum Gasteiger partial charge on any atom is 0.219 e. The molecule has 0 spiro atoms. The van der Waals surface area contributed by atoms with Crippen LogP contribution in [0.4, 0.5) is 4.39 Å². The number of hydrogen-bond donors (Lipinski definition) is 0. The first-order chi connectivity index (χ1) is 9.92. The number of hydrogen-bond acceptors (Lipinski definition) is 3. The van der Waals surface area contributed by atoms with Crippen molar-refractivity contribution >= 4 is 0 Å². The fourth-order valence-corrected chi connectivity index (χ4v) is 1.68. The van der Waals surface area contributed by atoms with E-state index in [1.807, 2.05) is 12.1 Å². The Morgan fingerprint density at radius 2 is 1.76 bits per heavy atom. The topological polar surface area (TPSA) is 31.4 Å². The monoisotopic (exact) mass is 289 g/mol. The van der Waals surface area contributed by atoms with Crippen LogP contribution in [0.5, 0.6) is 11.6 Å². The van der Waals surface area contributed by atoms with Gasteiger partial charge in [0.1, 0.15) is 11.6 Å². The van der Waals surface area contributed by atoms with E-state index in [1.165, 1.54) is 12.1 Å². The maximum atomic E-state index is 12.8. The molecule has 1 aromatic carbocycles. The molecular weight excluding hydrogens is 269 g/mol. The summed E-state index contributed by atoms with van der Waals surface area (Å²) in [6.45, 7) is 7.47. The summed E-state index contributed by atoms with van der Waals surface area (Å²) in [7, 11) is 0. The van der Waals surface area contributed by atoms with Crippen molar-refractivity contribution in [2.45, 2.75) is 27.4 Å². The van der Waals surface area contributed by atoms with Crippen molar-refractivity contribution in [2.75, 3.05) is 6.61 Å². The zero-order valence-corrected chi connectivity index (χ0v) is 12.6. The van der Waals surface area contributed by atoms with Crippen LogP contribution in [0.1, 0.15) is 26.5 Å². The average molecular weight is 289 g/mol. The van der Waals surface area contributed by atoms with Crippen LogP contribution in [0.3, 0.4) is 0 Å². The number of benzene rings is 1. The molecule has 0 saturated carbocycles. The summed E-state index contributed by atoms with van der Waals surface area (Å²) in [4.78, 5) is 4.37. The molecule has 0 aliphatic carbocycles. The first-order valence-electron chi connectivity index (χ1n) is 6.89. The molecule has 1 aromatic heterocycles. The van der Waals surface area contributed by atoms with Crippen LogP contribution in [0, 0.1) is 11.2 Å². The van der Waals surface area contributed by atoms with Crippen LogP contribution in [0.15, 0.2) is 42.5 Å². The minimum Gasteiger partial charge on any atom is -0.439 e. The Kier molecular flexibility index (Phi) is 4.91. The number of aromatic nitrogens is 1. The molecule has 3 nitrogen and oxygen atoms in total. The smallest absolute Gasteiger partial charge is 0.219 e. The fraction of sp³-hybridized carbons (Fsp3) is 0.353. The van der Waals surface area contributed by atoms with Crippen molar-refractivity contribution in [1.82, 2.24) is 4.98 Å². The predicted octanol–water partition coefficient (Wildman–Crippen LogP) is 4.58. The largest absolute Gasteiger partial charge is 0.439 e. The lowest BCUT2D eigenvalue weighted by atomic mass is 9.99. The highest BCUT2D eigenvalue weighted by Gasteiger charge is 2.10. The van der Waals surface area contributed by atoms with E-state index in [0.717, 1.165) is 5.69 Å². The van der Waals surface area contributed by atoms with Crippen LogP contribution in [0.2, 0.25) is 0 Å². The van der Waals surface area contributed by atoms with E-state index in [9.17, 15) is 4.39 Å². The van der Waals surface area contributed by atoms with Gasteiger partial charge < -0.3 is 9.47 Å². The highest BCUT2D eigenvalue weighted by Crippen LogP contribution is 2.20. The third-order valence-corrected chi connectivity index (χ3v) is 2.60. The Morgan fingerprint density at radius 3 is 2.43 bits per heavy atom. The highest BCUT2D eigenvalue weighted by atomic mass is 19.1. The second-order valence-corrected chi connectivity index (χ2v) is 6.08. The van der Waals surface area contributed by atoms with Crippen LogP contribution in [-0.2, 0) is 11.3 Å². The van der Waals surface area contributed by atoms with Gasteiger partial charge in [-0.05, 0) is 35.7 Å². The SMILES string of the molecule is CC(C)(C)COCc1cccc(Oc2ccc(F)cc2)n1. The average Bonchev–Trinajstić information content (AvgIpc) is 2.40. The summed E-state index contributed by atoms with van der Waals surface area (Å²) in [6, 6.07) is 11.4. The maximum absolute atomic E-state index is 12.8. The molecule has 21 heavy (non-hydrogen) atoms. The highest BCUT2D eigenvalue weighted by molar-refractivity contribution is 5.27. The number of halogens is 1. The molecule has 1 heterocycles. The van der Waals surface area contributed by atoms with Gasteiger partial charge in [0.05, 0.1) is 18.9 Å². The molecule has 112 valence electrons. The molecule has 0 amide bonds. The Morgan fingerprint density at radius 1 is 1.05 bits per heavy atom. The molecule has 0 radical (unpaired) electrons. The van der Waals surface area contributed by atoms with Crippen molar-refractivity contribution < 1.29 is 13.9 Å². The second kappa shape index (κ2) is 6.68. The van der Waals surface area contributed by atoms with Gasteiger partial charge in [-0.1, -0.05) is 26.8 Å². The summed E-state index contributed by atoms with van der Waals surface area (Å²) < 4.78 is 24.1. The number of rotatable bonds is 5. The van der Waals surface area contributed by atoms with Gasteiger partial charge in [-0.2, -0.15) is 0 Å². The minimum absolute atomic E-state index is 0.127. The van der Waals surface area contributed by atoms with Crippen LogP contribution in [0.25, 0.3) is 0 Å². The third-order valence-electron chi connectivity index (χ3n) is 2.60. The number of nitrogens with zero attached hydrogens (tertiary/aromatic N) is 1. The van der Waals surface area contributed by atoms with E-state index in [4.69, 9.17) is 9.47 Å². The zero-order chi connectivity index (χ0) is 15.3. The molecule has 0 aliphatic heterocycles. The molecule has 2 rings (SSSR count). The van der Waals surface area contributed by atoms with Crippen LogP contribution in [-0.4, -0.2) is 11.6 Å². The first-order valence-corrected chi connectivity index (χ1v) is 6.89. The van der Waals surface area contributed by atoms with Gasteiger partial charge in [-0.3, -0.25) is 0 Å². The molecule has 4 heteroatoms. The second-order valence-electron chi connectivity index (χ2n) is 6.08. The quantitative estimate of drug-likeness (QED) is 0.807. The standard InChI is InChI=1S/C17H20FNO2/c1-17(2,3)12-20-11-14-5-4-6-16(19-14)21-15-9-7-13(18)8-10-15/h4-10H,11-12H2,1-3H3. The molecular formula is C17H20FNO2. The van der Waals surface area contributed by atoms with Crippen molar-refractivity contribution in [2.24, 2.45) is 5.41 Å². The van der Waals surface area contributed by atoms with E-state index in [1.54, 1.807) is 18.2 Å². The van der Waals surface area contributed by atoms with Crippen molar-refractivity contribution in [3.8, 4) is 11.6 Å². The van der Waals surface area contributed by atoms with Gasteiger partial charge in [-0.15, -0.1) is 0 Å². The Labute approximate surface area is 124 Å².